The van der Waals surface area contributed by atoms with E-state index >= 15 is 0 Å². The van der Waals surface area contributed by atoms with Gasteiger partial charge in [-0.25, -0.2) is 27.7 Å². The van der Waals surface area contributed by atoms with Crippen molar-refractivity contribution in [2.24, 2.45) is 0 Å². The fourth-order valence-corrected chi connectivity index (χ4v) is 4.06. The Morgan fingerprint density at radius 3 is 2.44 bits per heavy atom. The van der Waals surface area contributed by atoms with Crippen molar-refractivity contribution in [1.82, 2.24) is 10.5 Å². The van der Waals surface area contributed by atoms with Crippen LogP contribution < -0.4 is 10.2 Å². The minimum Gasteiger partial charge on any atom is -0.440 e. The average molecular weight is 459 g/mol. The summed E-state index contributed by atoms with van der Waals surface area (Å²) in [5.41, 5.74) is 2.90. The van der Waals surface area contributed by atoms with Gasteiger partial charge in [0.1, 0.15) is 5.52 Å². The van der Waals surface area contributed by atoms with Gasteiger partial charge in [0.15, 0.2) is 23.1 Å². The van der Waals surface area contributed by atoms with Crippen molar-refractivity contribution in [2.45, 2.75) is 11.3 Å². The molecule has 4 aromatic rings. The first-order valence-electron chi connectivity index (χ1n) is 9.16. The van der Waals surface area contributed by atoms with Crippen molar-refractivity contribution in [3.63, 3.8) is 0 Å². The summed E-state index contributed by atoms with van der Waals surface area (Å²) in [6.45, 7) is 0. The molecule has 3 aromatic carbocycles. The zero-order chi connectivity index (χ0) is 22.9. The highest BCUT2D eigenvalue weighted by Crippen LogP contribution is 2.24. The second-order valence-electron chi connectivity index (χ2n) is 6.79. The molecule has 0 aliphatic carbocycles. The van der Waals surface area contributed by atoms with Crippen molar-refractivity contribution in [3.8, 4) is 0 Å². The number of sulfonamides is 1. The Morgan fingerprint density at radius 1 is 1.00 bits per heavy atom. The predicted molar refractivity (Wildman–Crippen MR) is 110 cm³/mol. The number of halogens is 2. The second-order valence-corrected chi connectivity index (χ2v) is 8.47. The largest absolute Gasteiger partial charge is 0.440 e. The van der Waals surface area contributed by atoms with Gasteiger partial charge in [-0.1, -0.05) is 6.07 Å². The van der Waals surface area contributed by atoms with Gasteiger partial charge in [0, 0.05) is 23.7 Å². The molecular weight excluding hydrogens is 444 g/mol. The SMILES string of the molecule is O=C(NO)c1ccc(NS(=O)(=O)c2ccc3nc(Cc4ccc(F)c(F)c4)oc3c2)cc1. The summed E-state index contributed by atoms with van der Waals surface area (Å²) < 4.78 is 59.9. The Labute approximate surface area is 180 Å². The van der Waals surface area contributed by atoms with E-state index in [2.05, 4.69) is 9.71 Å². The number of carbonyl (C=O) groups excluding carboxylic acids is 1. The van der Waals surface area contributed by atoms with Crippen LogP contribution in [0.3, 0.4) is 0 Å². The van der Waals surface area contributed by atoms with Gasteiger partial charge in [-0.2, -0.15) is 0 Å². The number of benzene rings is 3. The highest BCUT2D eigenvalue weighted by atomic mass is 32.2. The van der Waals surface area contributed by atoms with Crippen molar-refractivity contribution in [1.29, 1.82) is 0 Å². The molecule has 32 heavy (non-hydrogen) atoms. The van der Waals surface area contributed by atoms with E-state index in [0.717, 1.165) is 12.1 Å². The quantitative estimate of drug-likeness (QED) is 0.299. The number of oxazole rings is 1. The van der Waals surface area contributed by atoms with Gasteiger partial charge in [0.05, 0.1) is 4.90 Å². The standard InChI is InChI=1S/C21H15F2N3O5S/c22-16-7-1-12(9-17(16)23)10-20-24-18-8-6-15(11-19(18)31-20)32(29,30)26-14-4-2-13(3-5-14)21(27)25-28/h1-9,11,26,28H,10H2,(H,25,27). The summed E-state index contributed by atoms with van der Waals surface area (Å²) in [7, 11) is -3.98. The van der Waals surface area contributed by atoms with Crippen LogP contribution in [0.25, 0.3) is 11.1 Å². The van der Waals surface area contributed by atoms with Crippen molar-refractivity contribution >= 4 is 32.7 Å². The first kappa shape index (κ1) is 21.4. The summed E-state index contributed by atoms with van der Waals surface area (Å²) in [5.74, 6) is -2.45. The van der Waals surface area contributed by atoms with E-state index in [4.69, 9.17) is 9.62 Å². The number of fused-ring (bicyclic) bond motifs is 1. The van der Waals surface area contributed by atoms with Gasteiger partial charge in [0.2, 0.25) is 0 Å². The van der Waals surface area contributed by atoms with Crippen LogP contribution >= 0.6 is 0 Å². The van der Waals surface area contributed by atoms with Crippen LogP contribution in [-0.2, 0) is 16.4 Å². The third kappa shape index (κ3) is 4.43. The number of anilines is 1. The third-order valence-electron chi connectivity index (χ3n) is 4.55. The van der Waals surface area contributed by atoms with E-state index < -0.39 is 27.6 Å². The molecule has 0 saturated heterocycles. The molecule has 1 amide bonds. The summed E-state index contributed by atoms with van der Waals surface area (Å²) in [5, 5.41) is 8.63. The van der Waals surface area contributed by atoms with Crippen LogP contribution in [-0.4, -0.2) is 24.5 Å². The van der Waals surface area contributed by atoms with E-state index in [1.165, 1.54) is 54.0 Å². The first-order chi connectivity index (χ1) is 15.2. The lowest BCUT2D eigenvalue weighted by atomic mass is 10.1. The van der Waals surface area contributed by atoms with Gasteiger partial charge in [-0.05, 0) is 54.1 Å². The minimum atomic E-state index is -3.98. The molecule has 8 nitrogen and oxygen atoms in total. The molecule has 0 saturated carbocycles. The van der Waals surface area contributed by atoms with E-state index in [-0.39, 0.29) is 34.0 Å². The van der Waals surface area contributed by atoms with Gasteiger partial charge < -0.3 is 4.42 Å². The predicted octanol–water partition coefficient (Wildman–Crippen LogP) is 3.62. The molecule has 11 heteroatoms. The number of nitrogens with one attached hydrogen (secondary N) is 2. The Morgan fingerprint density at radius 2 is 1.75 bits per heavy atom. The lowest BCUT2D eigenvalue weighted by molar-refractivity contribution is 0.0706. The van der Waals surface area contributed by atoms with Crippen LogP contribution in [0.1, 0.15) is 21.8 Å². The molecule has 3 N–H and O–H groups in total. The molecule has 0 aliphatic rings. The van der Waals surface area contributed by atoms with E-state index in [0.29, 0.717) is 11.1 Å². The summed E-state index contributed by atoms with van der Waals surface area (Å²) in [6.07, 6.45) is 0.0972. The van der Waals surface area contributed by atoms with Gasteiger partial charge in [-0.3, -0.25) is 14.7 Å². The normalized spacial score (nSPS) is 11.5. The summed E-state index contributed by atoms with van der Waals surface area (Å²) >= 11 is 0. The molecular formula is C21H15F2N3O5S. The van der Waals surface area contributed by atoms with Crippen molar-refractivity contribution in [3.05, 3.63) is 89.3 Å². The van der Waals surface area contributed by atoms with E-state index in [9.17, 15) is 22.0 Å². The number of nitrogens with zero attached hydrogens (tertiary/aromatic N) is 1. The summed E-state index contributed by atoms with van der Waals surface area (Å²) in [4.78, 5) is 15.5. The molecule has 0 unspecified atom stereocenters. The molecule has 0 radical (unpaired) electrons. The van der Waals surface area contributed by atoms with Crippen molar-refractivity contribution in [2.75, 3.05) is 4.72 Å². The van der Waals surface area contributed by atoms with Gasteiger partial charge >= 0.3 is 0 Å². The van der Waals surface area contributed by atoms with Crippen LogP contribution in [0, 0.1) is 11.6 Å². The number of carbonyl (C=O) groups is 1. The molecule has 0 fully saturated rings. The third-order valence-corrected chi connectivity index (χ3v) is 5.93. The Hall–Kier alpha value is -3.83. The Kier molecular flexibility index (Phi) is 5.59. The first-order valence-corrected chi connectivity index (χ1v) is 10.6. The number of amides is 1. The molecule has 0 bridgehead atoms. The highest BCUT2D eigenvalue weighted by molar-refractivity contribution is 7.92. The van der Waals surface area contributed by atoms with Gasteiger partial charge in [0.25, 0.3) is 15.9 Å². The highest BCUT2D eigenvalue weighted by Gasteiger charge is 2.17. The zero-order valence-electron chi connectivity index (χ0n) is 16.2. The molecule has 0 atom stereocenters. The maximum atomic E-state index is 13.4. The van der Waals surface area contributed by atoms with Crippen LogP contribution in [0.15, 0.2) is 70.0 Å². The molecule has 1 heterocycles. The van der Waals surface area contributed by atoms with Crippen LogP contribution in [0.2, 0.25) is 0 Å². The van der Waals surface area contributed by atoms with Crippen molar-refractivity contribution < 1.29 is 31.6 Å². The smallest absolute Gasteiger partial charge is 0.274 e. The maximum absolute atomic E-state index is 13.4. The lowest BCUT2D eigenvalue weighted by Gasteiger charge is -2.08. The number of hydroxylamine groups is 1. The Bertz CT molecular complexity index is 1420. The molecule has 0 spiro atoms. The van der Waals surface area contributed by atoms with Gasteiger partial charge in [-0.15, -0.1) is 0 Å². The molecule has 164 valence electrons. The molecule has 1 aromatic heterocycles. The van der Waals surface area contributed by atoms with E-state index in [1.807, 2.05) is 0 Å². The number of hydrogen-bond acceptors (Lipinski definition) is 6. The lowest BCUT2D eigenvalue weighted by Crippen LogP contribution is -2.18. The van der Waals surface area contributed by atoms with Crippen LogP contribution in [0.4, 0.5) is 14.5 Å². The number of aromatic nitrogens is 1. The molecule has 4 rings (SSSR count). The summed E-state index contributed by atoms with van der Waals surface area (Å²) in [6, 6.07) is 13.0. The zero-order valence-corrected chi connectivity index (χ0v) is 17.0. The van der Waals surface area contributed by atoms with E-state index in [1.54, 1.807) is 0 Å². The Balaban J connectivity index is 1.55. The minimum absolute atomic E-state index is 0.0855. The number of rotatable bonds is 6. The monoisotopic (exact) mass is 459 g/mol. The topological polar surface area (TPSA) is 122 Å². The second kappa shape index (κ2) is 8.36. The fourth-order valence-electron chi connectivity index (χ4n) is 2.99. The maximum Gasteiger partial charge on any atom is 0.274 e. The average Bonchev–Trinajstić information content (AvgIpc) is 3.17. The van der Waals surface area contributed by atoms with Crippen LogP contribution in [0.5, 0.6) is 0 Å². The number of hydrogen-bond donors (Lipinski definition) is 3. The molecule has 0 aliphatic heterocycles. The fraction of sp³-hybridized carbons (Fsp3) is 0.0476.